The highest BCUT2D eigenvalue weighted by atomic mass is 15.0. The minimum absolute atomic E-state index is 0.908. The number of para-hydroxylation sites is 1. The van der Waals surface area contributed by atoms with Crippen LogP contribution in [0.25, 0.3) is 11.1 Å². The third-order valence-electron chi connectivity index (χ3n) is 7.11. The van der Waals surface area contributed by atoms with E-state index >= 15 is 0 Å². The molecule has 192 valence electrons. The number of nitrogens with zero attached hydrogens (tertiary/aromatic N) is 1. The molecule has 0 saturated heterocycles. The van der Waals surface area contributed by atoms with Crippen LogP contribution in [-0.4, -0.2) is 29.9 Å². The molecule has 0 radical (unpaired) electrons. The van der Waals surface area contributed by atoms with Crippen molar-refractivity contribution >= 4 is 33.9 Å². The van der Waals surface area contributed by atoms with Gasteiger partial charge >= 0.3 is 0 Å². The van der Waals surface area contributed by atoms with E-state index in [9.17, 15) is 0 Å². The second-order valence-electron chi connectivity index (χ2n) is 9.70. The van der Waals surface area contributed by atoms with Crippen LogP contribution in [-0.2, 0) is 0 Å². The van der Waals surface area contributed by atoms with Crippen molar-refractivity contribution in [1.82, 2.24) is 0 Å². The fraction of sp³-hybridized carbons (Fsp3) is 0.229. The maximum absolute atomic E-state index is 3.45. The van der Waals surface area contributed by atoms with Crippen molar-refractivity contribution in [3.8, 4) is 0 Å². The fourth-order valence-corrected chi connectivity index (χ4v) is 5.37. The lowest BCUT2D eigenvalue weighted by atomic mass is 9.86. The molecule has 0 bridgehead atoms. The highest BCUT2D eigenvalue weighted by molar-refractivity contribution is 6.38. The Balaban J connectivity index is 1.83. The number of allylic oxidation sites excluding steroid dienone is 1. The number of rotatable bonds is 10. The van der Waals surface area contributed by atoms with Crippen LogP contribution in [0.15, 0.2) is 103 Å². The summed E-state index contributed by atoms with van der Waals surface area (Å²) < 4.78 is 2.55. The van der Waals surface area contributed by atoms with Crippen molar-refractivity contribution in [2.75, 3.05) is 30.3 Å². The lowest BCUT2D eigenvalue weighted by Crippen LogP contribution is -2.16. The first-order valence-electron chi connectivity index (χ1n) is 14.0. The fourth-order valence-electron chi connectivity index (χ4n) is 5.37. The van der Waals surface area contributed by atoms with Gasteiger partial charge in [0.25, 0.3) is 0 Å². The van der Waals surface area contributed by atoms with Gasteiger partial charge in [-0.2, -0.15) is 4.58 Å². The number of nitrogens with one attached hydrogen (secondary N) is 2. The highest BCUT2D eigenvalue weighted by Gasteiger charge is 2.37. The molecule has 1 aliphatic heterocycles. The van der Waals surface area contributed by atoms with Crippen LogP contribution in [0.4, 0.5) is 17.1 Å². The highest BCUT2D eigenvalue weighted by Crippen LogP contribution is 2.43. The van der Waals surface area contributed by atoms with Crippen LogP contribution >= 0.6 is 0 Å². The minimum atomic E-state index is 0.908. The van der Waals surface area contributed by atoms with Crippen LogP contribution < -0.4 is 10.6 Å². The molecule has 4 aromatic carbocycles. The van der Waals surface area contributed by atoms with Crippen LogP contribution in [0.3, 0.4) is 0 Å². The Morgan fingerprint density at radius 1 is 0.632 bits per heavy atom. The maximum atomic E-state index is 3.45. The van der Waals surface area contributed by atoms with E-state index in [4.69, 9.17) is 0 Å². The first-order chi connectivity index (χ1) is 18.7. The second-order valence-corrected chi connectivity index (χ2v) is 9.70. The molecule has 3 nitrogen and oxygen atoms in total. The molecule has 5 rings (SSSR count). The van der Waals surface area contributed by atoms with E-state index in [0.29, 0.717) is 0 Å². The molecule has 2 N–H and O–H groups in total. The Labute approximate surface area is 227 Å². The van der Waals surface area contributed by atoms with Crippen molar-refractivity contribution in [3.05, 3.63) is 125 Å². The minimum Gasteiger partial charge on any atom is -0.385 e. The third-order valence-corrected chi connectivity index (χ3v) is 7.11. The normalized spacial score (nSPS) is 12.4. The molecule has 0 amide bonds. The molecular weight excluding hydrogens is 462 g/mol. The van der Waals surface area contributed by atoms with E-state index < -0.39 is 0 Å². The van der Waals surface area contributed by atoms with Gasteiger partial charge in [0.1, 0.15) is 6.54 Å². The summed E-state index contributed by atoms with van der Waals surface area (Å²) in [7, 11) is 0. The summed E-state index contributed by atoms with van der Waals surface area (Å²) in [6.45, 7) is 9.34. The number of hydrogen-bond acceptors (Lipinski definition) is 2. The summed E-state index contributed by atoms with van der Waals surface area (Å²) in [5.41, 5.74) is 12.4. The first kappa shape index (κ1) is 25.5. The van der Waals surface area contributed by atoms with E-state index in [-0.39, 0.29) is 0 Å². The molecule has 0 aliphatic carbocycles. The van der Waals surface area contributed by atoms with E-state index in [1.165, 1.54) is 44.8 Å². The quantitative estimate of drug-likeness (QED) is 0.214. The van der Waals surface area contributed by atoms with E-state index in [1.807, 2.05) is 0 Å². The van der Waals surface area contributed by atoms with Gasteiger partial charge in [0.15, 0.2) is 0 Å². The second kappa shape index (κ2) is 12.0. The van der Waals surface area contributed by atoms with Gasteiger partial charge in [-0.1, -0.05) is 67.9 Å². The zero-order valence-corrected chi connectivity index (χ0v) is 22.8. The molecule has 0 fully saturated rings. The van der Waals surface area contributed by atoms with Crippen molar-refractivity contribution in [2.24, 2.45) is 0 Å². The summed E-state index contributed by atoms with van der Waals surface area (Å²) in [4.78, 5) is 0. The zero-order chi connectivity index (χ0) is 26.3. The Hall–Kier alpha value is -4.11. The Bertz CT molecular complexity index is 1380. The smallest absolute Gasteiger partial charge is 0.221 e. The molecule has 0 aromatic heterocycles. The van der Waals surface area contributed by atoms with Crippen molar-refractivity contribution in [3.63, 3.8) is 0 Å². The summed E-state index contributed by atoms with van der Waals surface area (Å²) in [5, 5.41) is 6.89. The number of unbranched alkanes of at least 4 members (excludes halogenated alkanes) is 1. The van der Waals surface area contributed by atoms with Gasteiger partial charge in [-0.05, 0) is 67.4 Å². The molecule has 4 aromatic rings. The third kappa shape index (κ3) is 5.15. The van der Waals surface area contributed by atoms with Crippen LogP contribution in [0.1, 0.15) is 55.9 Å². The largest absolute Gasteiger partial charge is 0.385 e. The zero-order valence-electron chi connectivity index (χ0n) is 22.8. The van der Waals surface area contributed by atoms with Crippen molar-refractivity contribution < 1.29 is 4.58 Å². The first-order valence-corrected chi connectivity index (χ1v) is 14.0. The summed E-state index contributed by atoms with van der Waals surface area (Å²) >= 11 is 0. The summed E-state index contributed by atoms with van der Waals surface area (Å²) in [6, 6.07) is 37.7. The van der Waals surface area contributed by atoms with Crippen molar-refractivity contribution in [2.45, 2.75) is 33.6 Å². The van der Waals surface area contributed by atoms with E-state index in [0.717, 1.165) is 43.9 Å². The predicted molar refractivity (Wildman–Crippen MR) is 164 cm³/mol. The standard InChI is InChI=1S/C35H37N3/c1-4-7-25-38-32-16-12-11-15-31(32)34(35(38)28-13-9-8-10-14-28)33(26-17-21-29(22-18-26)36-5-2)27-19-23-30(24-20-27)37-6-3/h8-24H,4-7,25H2,1-3H3,(H,36,37)/p+1. The van der Waals surface area contributed by atoms with Gasteiger partial charge < -0.3 is 10.6 Å². The molecule has 38 heavy (non-hydrogen) atoms. The molecule has 0 unspecified atom stereocenters. The SMILES string of the molecule is CCCC[N+]1=C(c2ccccc2)C(=C(c2ccc(NCC)cc2)c2ccc(NCC)cc2)c2ccccc21. The van der Waals surface area contributed by atoms with Crippen molar-refractivity contribution in [1.29, 1.82) is 0 Å². The number of benzene rings is 4. The number of fused-ring (bicyclic) bond motifs is 1. The average molecular weight is 501 g/mol. The Morgan fingerprint density at radius 2 is 1.18 bits per heavy atom. The molecule has 0 spiro atoms. The van der Waals surface area contributed by atoms with Crippen LogP contribution in [0.2, 0.25) is 0 Å². The number of hydrogen-bond donors (Lipinski definition) is 2. The van der Waals surface area contributed by atoms with E-state index in [1.54, 1.807) is 0 Å². The molecule has 1 heterocycles. The van der Waals surface area contributed by atoms with Gasteiger partial charge in [0, 0.05) is 48.1 Å². The monoisotopic (exact) mass is 500 g/mol. The summed E-state index contributed by atoms with van der Waals surface area (Å²) in [5.74, 6) is 0. The van der Waals surface area contributed by atoms with Gasteiger partial charge in [0.05, 0.1) is 11.1 Å². The van der Waals surface area contributed by atoms with E-state index in [2.05, 4.69) is 139 Å². The molecule has 0 atom stereocenters. The molecule has 3 heteroatoms. The lowest BCUT2D eigenvalue weighted by molar-refractivity contribution is -0.436. The van der Waals surface area contributed by atoms with Crippen LogP contribution in [0, 0.1) is 0 Å². The van der Waals surface area contributed by atoms with Gasteiger partial charge in [-0.15, -0.1) is 0 Å². The van der Waals surface area contributed by atoms with Gasteiger partial charge in [-0.25, -0.2) is 0 Å². The molecule has 0 saturated carbocycles. The predicted octanol–water partition coefficient (Wildman–Crippen LogP) is 8.46. The lowest BCUT2D eigenvalue weighted by Gasteiger charge is -2.15. The average Bonchev–Trinajstić information content (AvgIpc) is 3.28. The van der Waals surface area contributed by atoms with Gasteiger partial charge in [0.2, 0.25) is 11.4 Å². The number of anilines is 2. The maximum Gasteiger partial charge on any atom is 0.221 e. The Morgan fingerprint density at radius 3 is 1.74 bits per heavy atom. The van der Waals surface area contributed by atoms with Gasteiger partial charge in [-0.3, -0.25) is 0 Å². The topological polar surface area (TPSA) is 27.1 Å². The summed E-state index contributed by atoms with van der Waals surface area (Å²) in [6.07, 6.45) is 2.30. The molecule has 1 aliphatic rings. The molecular formula is C35H38N3+. The Kier molecular flexibility index (Phi) is 8.04. The van der Waals surface area contributed by atoms with Crippen LogP contribution in [0.5, 0.6) is 0 Å².